The van der Waals surface area contributed by atoms with Gasteiger partial charge in [-0.3, -0.25) is 4.79 Å². The maximum Gasteiger partial charge on any atom is 0.320 e. The Morgan fingerprint density at radius 1 is 1.37 bits per heavy atom. The number of imidazole rings is 1. The van der Waals surface area contributed by atoms with E-state index in [1.807, 2.05) is 0 Å². The summed E-state index contributed by atoms with van der Waals surface area (Å²) in [7, 11) is 1.80. The number of aliphatic carboxylic acids is 1. The van der Waals surface area contributed by atoms with Crippen molar-refractivity contribution in [1.82, 2.24) is 9.55 Å². The fraction of sp³-hybridized carbons (Fsp3) is 0.667. The molecule has 0 saturated carbocycles. The lowest BCUT2D eigenvalue weighted by Crippen LogP contribution is -2.32. The summed E-state index contributed by atoms with van der Waals surface area (Å²) >= 11 is 0. The number of carboxylic acid groups (broad SMARTS) is 1. The summed E-state index contributed by atoms with van der Waals surface area (Å²) < 4.78 is 1.75. The lowest BCUT2D eigenvalue weighted by atomic mass is 10.2. The monoisotopic (exact) mass is 271 g/mol. The van der Waals surface area contributed by atoms with E-state index in [-0.39, 0.29) is 0 Å². The van der Waals surface area contributed by atoms with Gasteiger partial charge in [0, 0.05) is 25.4 Å². The number of rotatable bonds is 7. The van der Waals surface area contributed by atoms with E-state index in [4.69, 9.17) is 22.3 Å². The van der Waals surface area contributed by atoms with Crippen molar-refractivity contribution in [3.8, 4) is 0 Å². The van der Waals surface area contributed by atoms with Crippen LogP contribution in [0.3, 0.4) is 0 Å². The first-order valence-corrected chi connectivity index (χ1v) is 6.36. The molecule has 0 aliphatic heterocycles. The van der Waals surface area contributed by atoms with Gasteiger partial charge in [0.1, 0.15) is 6.04 Å². The summed E-state index contributed by atoms with van der Waals surface area (Å²) in [6, 6.07) is -0.847. The molecule has 7 nitrogen and oxygen atoms in total. The number of aromatic nitrogens is 2. The van der Waals surface area contributed by atoms with E-state index in [1.165, 1.54) is 6.42 Å². The predicted molar refractivity (Wildman–Crippen MR) is 74.5 cm³/mol. The highest BCUT2D eigenvalue weighted by Crippen LogP contribution is 1.99. The Morgan fingerprint density at radius 3 is 2.32 bits per heavy atom. The second-order valence-corrected chi connectivity index (χ2v) is 4.28. The smallest absolute Gasteiger partial charge is 0.320 e. The van der Waals surface area contributed by atoms with Crippen molar-refractivity contribution in [3.63, 3.8) is 0 Å². The van der Waals surface area contributed by atoms with Gasteiger partial charge in [0.25, 0.3) is 0 Å². The molecule has 0 aromatic carbocycles. The van der Waals surface area contributed by atoms with Crippen LogP contribution in [0.5, 0.6) is 0 Å². The van der Waals surface area contributed by atoms with Gasteiger partial charge in [0.05, 0.1) is 6.33 Å². The summed E-state index contributed by atoms with van der Waals surface area (Å²) in [5.74, 6) is -0.990. The first-order valence-electron chi connectivity index (χ1n) is 6.36. The van der Waals surface area contributed by atoms with E-state index < -0.39 is 12.0 Å². The minimum Gasteiger partial charge on any atom is -0.480 e. The van der Waals surface area contributed by atoms with Gasteiger partial charge in [-0.15, -0.1) is 0 Å². The molecule has 7 N–H and O–H groups in total. The highest BCUT2D eigenvalue weighted by Gasteiger charge is 2.13. The van der Waals surface area contributed by atoms with Crippen molar-refractivity contribution in [2.45, 2.75) is 31.7 Å². The molecule has 0 aliphatic rings. The Kier molecular flexibility index (Phi) is 9.69. The third-order valence-electron chi connectivity index (χ3n) is 2.57. The van der Waals surface area contributed by atoms with E-state index in [9.17, 15) is 4.79 Å². The van der Waals surface area contributed by atoms with Gasteiger partial charge in [-0.05, 0) is 25.9 Å². The Hall–Kier alpha value is -1.44. The second kappa shape index (κ2) is 10.5. The lowest BCUT2D eigenvalue weighted by molar-refractivity contribution is -0.138. The molecule has 110 valence electrons. The first-order chi connectivity index (χ1) is 9.02. The molecule has 0 unspecified atom stereocenters. The Labute approximate surface area is 113 Å². The molecule has 0 saturated heterocycles. The molecular weight excluding hydrogens is 246 g/mol. The standard InChI is InChI=1S/C7H11N3O2.C5H14N2/c1-10-4-9-3-5(10)2-6(8)7(11)12;6-4-2-1-3-5-7/h3-4,6H,2,8H2,1H3,(H,11,12);1-7H2/t6-;/m0./s1. The van der Waals surface area contributed by atoms with Crippen molar-refractivity contribution in [3.05, 3.63) is 18.2 Å². The molecule has 1 atom stereocenters. The van der Waals surface area contributed by atoms with Crippen LogP contribution in [0.2, 0.25) is 0 Å². The van der Waals surface area contributed by atoms with Crippen molar-refractivity contribution < 1.29 is 9.90 Å². The second-order valence-electron chi connectivity index (χ2n) is 4.28. The molecule has 0 aliphatic carbocycles. The summed E-state index contributed by atoms with van der Waals surface area (Å²) in [5, 5.41) is 8.52. The minimum absolute atomic E-state index is 0.311. The highest BCUT2D eigenvalue weighted by molar-refractivity contribution is 5.73. The van der Waals surface area contributed by atoms with Gasteiger partial charge in [0.15, 0.2) is 0 Å². The number of hydrogen-bond acceptors (Lipinski definition) is 5. The van der Waals surface area contributed by atoms with Gasteiger partial charge < -0.3 is 26.9 Å². The SMILES string of the molecule is Cn1cncc1C[C@H](N)C(=O)O.NCCCCCN. The molecule has 0 spiro atoms. The zero-order valence-corrected chi connectivity index (χ0v) is 11.5. The third-order valence-corrected chi connectivity index (χ3v) is 2.57. The van der Waals surface area contributed by atoms with Gasteiger partial charge in [-0.1, -0.05) is 6.42 Å². The van der Waals surface area contributed by atoms with E-state index in [0.29, 0.717) is 6.42 Å². The van der Waals surface area contributed by atoms with Crippen LogP contribution in [0.25, 0.3) is 0 Å². The Bertz CT molecular complexity index is 350. The van der Waals surface area contributed by atoms with Gasteiger partial charge in [0.2, 0.25) is 0 Å². The number of hydrogen-bond donors (Lipinski definition) is 4. The van der Waals surface area contributed by atoms with Crippen molar-refractivity contribution in [2.24, 2.45) is 24.2 Å². The maximum atomic E-state index is 10.4. The van der Waals surface area contributed by atoms with Crippen LogP contribution in [-0.4, -0.2) is 39.8 Å². The molecule has 7 heteroatoms. The van der Waals surface area contributed by atoms with Crippen LogP contribution in [0.15, 0.2) is 12.5 Å². The minimum atomic E-state index is -0.990. The third kappa shape index (κ3) is 8.30. The summed E-state index contributed by atoms with van der Waals surface area (Å²) in [5.41, 5.74) is 16.6. The number of nitrogens with two attached hydrogens (primary N) is 3. The van der Waals surface area contributed by atoms with Crippen LogP contribution in [-0.2, 0) is 18.3 Å². The molecule has 0 bridgehead atoms. The van der Waals surface area contributed by atoms with E-state index >= 15 is 0 Å². The van der Waals surface area contributed by atoms with Gasteiger partial charge >= 0.3 is 5.97 Å². The van der Waals surface area contributed by atoms with Crippen LogP contribution in [0.4, 0.5) is 0 Å². The van der Waals surface area contributed by atoms with Crippen LogP contribution < -0.4 is 17.2 Å². The normalized spacial score (nSPS) is 11.6. The highest BCUT2D eigenvalue weighted by atomic mass is 16.4. The van der Waals surface area contributed by atoms with Crippen LogP contribution in [0.1, 0.15) is 25.0 Å². The Morgan fingerprint density at radius 2 is 1.95 bits per heavy atom. The average Bonchev–Trinajstić information content (AvgIpc) is 2.76. The topological polar surface area (TPSA) is 133 Å². The molecule has 1 rings (SSSR count). The van der Waals surface area contributed by atoms with Gasteiger partial charge in [-0.2, -0.15) is 0 Å². The number of carbonyl (C=O) groups is 1. The fourth-order valence-electron chi connectivity index (χ4n) is 1.36. The Balaban J connectivity index is 0.000000399. The number of aryl methyl sites for hydroxylation is 1. The van der Waals surface area contributed by atoms with E-state index in [1.54, 1.807) is 24.1 Å². The van der Waals surface area contributed by atoms with E-state index in [0.717, 1.165) is 31.6 Å². The quantitative estimate of drug-likeness (QED) is 0.492. The molecule has 0 amide bonds. The summed E-state index contributed by atoms with van der Waals surface area (Å²) in [6.07, 6.45) is 6.97. The summed E-state index contributed by atoms with van der Waals surface area (Å²) in [6.45, 7) is 1.61. The number of nitrogens with zero attached hydrogens (tertiary/aromatic N) is 2. The maximum absolute atomic E-state index is 10.4. The molecule has 19 heavy (non-hydrogen) atoms. The van der Waals surface area contributed by atoms with Crippen LogP contribution in [0, 0.1) is 0 Å². The molecule has 1 aromatic rings. The summed E-state index contributed by atoms with van der Waals surface area (Å²) in [4.78, 5) is 14.2. The predicted octanol–water partition coefficient (Wildman–Crippen LogP) is -0.551. The molecule has 0 radical (unpaired) electrons. The zero-order valence-electron chi connectivity index (χ0n) is 11.5. The molecular formula is C12H25N5O2. The molecule has 0 fully saturated rings. The molecule has 1 heterocycles. The largest absolute Gasteiger partial charge is 0.480 e. The first kappa shape index (κ1) is 17.6. The van der Waals surface area contributed by atoms with Crippen molar-refractivity contribution in [2.75, 3.05) is 13.1 Å². The van der Waals surface area contributed by atoms with Crippen LogP contribution >= 0.6 is 0 Å². The zero-order chi connectivity index (χ0) is 14.7. The lowest BCUT2D eigenvalue weighted by Gasteiger charge is -2.05. The van der Waals surface area contributed by atoms with Gasteiger partial charge in [-0.25, -0.2) is 4.98 Å². The van der Waals surface area contributed by atoms with Crippen molar-refractivity contribution in [1.29, 1.82) is 0 Å². The average molecular weight is 271 g/mol. The molecule has 1 aromatic heterocycles. The fourth-order valence-corrected chi connectivity index (χ4v) is 1.36. The number of carboxylic acids is 1. The van der Waals surface area contributed by atoms with Crippen molar-refractivity contribution >= 4 is 5.97 Å². The van der Waals surface area contributed by atoms with E-state index in [2.05, 4.69) is 4.98 Å². The number of unbranched alkanes of at least 4 members (excludes halogenated alkanes) is 2.